The van der Waals surface area contributed by atoms with E-state index in [1.54, 1.807) is 7.11 Å². The summed E-state index contributed by atoms with van der Waals surface area (Å²) < 4.78 is 11.2. The lowest BCUT2D eigenvalue weighted by Gasteiger charge is -2.40. The van der Waals surface area contributed by atoms with Gasteiger partial charge in [0.2, 0.25) is 0 Å². The van der Waals surface area contributed by atoms with Crippen LogP contribution in [0.1, 0.15) is 6.42 Å². The average molecular weight is 244 g/mol. The summed E-state index contributed by atoms with van der Waals surface area (Å²) in [5, 5.41) is 11.8. The minimum atomic E-state index is -0.407. The topological polar surface area (TPSA) is 38.7 Å². The maximum atomic E-state index is 9.56. The minimum absolute atomic E-state index is 0.0594. The molecule has 3 unspecified atom stereocenters. The van der Waals surface area contributed by atoms with Crippen LogP contribution >= 0.6 is 0 Å². The Morgan fingerprint density at radius 3 is 2.67 bits per heavy atom. The molecule has 0 heterocycles. The number of hydrogen-bond donors (Lipinski definition) is 1. The summed E-state index contributed by atoms with van der Waals surface area (Å²) in [4.78, 5) is 0. The molecule has 2 aromatic rings. The van der Waals surface area contributed by atoms with Gasteiger partial charge in [-0.05, 0) is 11.5 Å². The summed E-state index contributed by atoms with van der Waals surface area (Å²) in [7, 11) is 1.60. The fraction of sp³-hybridized carbons (Fsp3) is 0.333. The van der Waals surface area contributed by atoms with Crippen LogP contribution in [0.3, 0.4) is 0 Å². The van der Waals surface area contributed by atoms with E-state index >= 15 is 0 Å². The molecule has 0 bridgehead atoms. The number of fused-ring (bicyclic) bond motifs is 1. The second kappa shape index (κ2) is 4.59. The van der Waals surface area contributed by atoms with Crippen LogP contribution in [-0.2, 0) is 4.74 Å². The summed E-state index contributed by atoms with van der Waals surface area (Å²) in [5.41, 5.74) is 0. The molecule has 3 atom stereocenters. The van der Waals surface area contributed by atoms with Crippen LogP contribution in [0.15, 0.2) is 42.5 Å². The van der Waals surface area contributed by atoms with Gasteiger partial charge >= 0.3 is 0 Å². The fourth-order valence-corrected chi connectivity index (χ4v) is 2.44. The molecule has 0 aliphatic heterocycles. The van der Waals surface area contributed by atoms with Gasteiger partial charge < -0.3 is 14.6 Å². The molecule has 0 aromatic heterocycles. The van der Waals surface area contributed by atoms with Crippen molar-refractivity contribution >= 4 is 10.8 Å². The monoisotopic (exact) mass is 244 g/mol. The highest BCUT2D eigenvalue weighted by Crippen LogP contribution is 2.32. The number of hydrogen-bond acceptors (Lipinski definition) is 3. The number of ether oxygens (including phenoxy) is 2. The molecule has 1 aliphatic carbocycles. The zero-order chi connectivity index (χ0) is 12.5. The van der Waals surface area contributed by atoms with Crippen molar-refractivity contribution in [3.8, 4) is 5.75 Å². The zero-order valence-corrected chi connectivity index (χ0v) is 10.2. The maximum Gasteiger partial charge on any atom is 0.130 e. The Kier molecular flexibility index (Phi) is 2.94. The standard InChI is InChI=1S/C15H16O3/c1-17-15-12(16)9-14(15)18-13-8-4-6-10-5-2-3-7-11(10)13/h2-8,12,14-16H,9H2,1H3. The van der Waals surface area contributed by atoms with Gasteiger partial charge in [-0.1, -0.05) is 36.4 Å². The lowest BCUT2D eigenvalue weighted by molar-refractivity contribution is -0.148. The molecule has 1 fully saturated rings. The van der Waals surface area contributed by atoms with Gasteiger partial charge in [0.1, 0.15) is 18.0 Å². The van der Waals surface area contributed by atoms with Crippen LogP contribution < -0.4 is 4.74 Å². The van der Waals surface area contributed by atoms with Gasteiger partial charge in [-0.2, -0.15) is 0 Å². The first-order chi connectivity index (χ1) is 8.79. The summed E-state index contributed by atoms with van der Waals surface area (Å²) >= 11 is 0. The first-order valence-corrected chi connectivity index (χ1v) is 6.15. The van der Waals surface area contributed by atoms with E-state index in [1.165, 1.54) is 0 Å². The first kappa shape index (κ1) is 11.5. The molecule has 0 amide bonds. The number of benzene rings is 2. The quantitative estimate of drug-likeness (QED) is 0.900. The Morgan fingerprint density at radius 2 is 1.89 bits per heavy atom. The van der Waals surface area contributed by atoms with Crippen molar-refractivity contribution in [2.75, 3.05) is 7.11 Å². The Labute approximate surface area is 106 Å². The van der Waals surface area contributed by atoms with E-state index in [2.05, 4.69) is 12.1 Å². The smallest absolute Gasteiger partial charge is 0.130 e. The van der Waals surface area contributed by atoms with Crippen LogP contribution in [0, 0.1) is 0 Å². The SMILES string of the molecule is COC1C(O)CC1Oc1cccc2ccccc12. The Morgan fingerprint density at radius 1 is 1.11 bits per heavy atom. The molecule has 94 valence electrons. The van der Waals surface area contributed by atoms with Crippen molar-refractivity contribution in [2.45, 2.75) is 24.7 Å². The normalized spacial score (nSPS) is 26.9. The molecule has 1 aliphatic rings. The van der Waals surface area contributed by atoms with Crippen molar-refractivity contribution in [2.24, 2.45) is 0 Å². The third-order valence-electron chi connectivity index (χ3n) is 3.52. The van der Waals surface area contributed by atoms with Crippen molar-refractivity contribution in [1.82, 2.24) is 0 Å². The van der Waals surface area contributed by atoms with E-state index < -0.39 is 6.10 Å². The molecule has 0 radical (unpaired) electrons. The van der Waals surface area contributed by atoms with Crippen molar-refractivity contribution in [3.05, 3.63) is 42.5 Å². The highest BCUT2D eigenvalue weighted by Gasteiger charge is 2.42. The molecular formula is C15H16O3. The molecule has 1 N–H and O–H groups in total. The van der Waals surface area contributed by atoms with Gasteiger partial charge in [0.05, 0.1) is 6.10 Å². The lowest BCUT2D eigenvalue weighted by Crippen LogP contribution is -2.54. The van der Waals surface area contributed by atoms with Gasteiger partial charge in [-0.3, -0.25) is 0 Å². The van der Waals surface area contributed by atoms with Crippen molar-refractivity contribution in [1.29, 1.82) is 0 Å². The van der Waals surface area contributed by atoms with E-state index in [4.69, 9.17) is 9.47 Å². The number of aliphatic hydroxyl groups is 1. The van der Waals surface area contributed by atoms with E-state index in [0.717, 1.165) is 16.5 Å². The highest BCUT2D eigenvalue weighted by atomic mass is 16.6. The maximum absolute atomic E-state index is 9.56. The molecule has 3 heteroatoms. The third-order valence-corrected chi connectivity index (χ3v) is 3.52. The Bertz CT molecular complexity index is 547. The molecule has 0 spiro atoms. The number of rotatable bonds is 3. The summed E-state index contributed by atoms with van der Waals surface area (Å²) in [5.74, 6) is 0.854. The van der Waals surface area contributed by atoms with Gasteiger partial charge in [-0.15, -0.1) is 0 Å². The van der Waals surface area contributed by atoms with E-state index in [9.17, 15) is 5.11 Å². The highest BCUT2D eigenvalue weighted by molar-refractivity contribution is 5.88. The van der Waals surface area contributed by atoms with E-state index in [-0.39, 0.29) is 12.2 Å². The Hall–Kier alpha value is -1.58. The predicted octanol–water partition coefficient (Wildman–Crippen LogP) is 2.37. The van der Waals surface area contributed by atoms with Crippen LogP contribution in [0.4, 0.5) is 0 Å². The molecule has 0 saturated heterocycles. The molecule has 3 rings (SSSR count). The predicted molar refractivity (Wildman–Crippen MR) is 69.8 cm³/mol. The van der Waals surface area contributed by atoms with Gasteiger partial charge in [0, 0.05) is 18.9 Å². The second-order valence-electron chi connectivity index (χ2n) is 4.64. The van der Waals surface area contributed by atoms with Gasteiger partial charge in [0.15, 0.2) is 0 Å². The number of methoxy groups -OCH3 is 1. The van der Waals surface area contributed by atoms with E-state index in [1.807, 2.05) is 30.3 Å². The average Bonchev–Trinajstić information content (AvgIpc) is 2.39. The number of aliphatic hydroxyl groups excluding tert-OH is 1. The lowest BCUT2D eigenvalue weighted by atomic mass is 9.88. The Balaban J connectivity index is 1.87. The van der Waals surface area contributed by atoms with Crippen molar-refractivity contribution in [3.63, 3.8) is 0 Å². The summed E-state index contributed by atoms with van der Waals surface area (Å²) in [6.45, 7) is 0. The van der Waals surface area contributed by atoms with Crippen LogP contribution in [0.25, 0.3) is 10.8 Å². The summed E-state index contributed by atoms with van der Waals surface area (Å²) in [6.07, 6.45) is -0.0587. The minimum Gasteiger partial charge on any atom is -0.487 e. The summed E-state index contributed by atoms with van der Waals surface area (Å²) in [6, 6.07) is 14.1. The van der Waals surface area contributed by atoms with Gasteiger partial charge in [0.25, 0.3) is 0 Å². The third kappa shape index (κ3) is 1.85. The van der Waals surface area contributed by atoms with Crippen LogP contribution in [0.2, 0.25) is 0 Å². The molecule has 3 nitrogen and oxygen atoms in total. The fourth-order valence-electron chi connectivity index (χ4n) is 2.44. The van der Waals surface area contributed by atoms with Crippen LogP contribution in [0.5, 0.6) is 5.75 Å². The van der Waals surface area contributed by atoms with Crippen molar-refractivity contribution < 1.29 is 14.6 Å². The molecule has 2 aromatic carbocycles. The molecule has 1 saturated carbocycles. The second-order valence-corrected chi connectivity index (χ2v) is 4.64. The van der Waals surface area contributed by atoms with E-state index in [0.29, 0.717) is 6.42 Å². The molecule has 18 heavy (non-hydrogen) atoms. The first-order valence-electron chi connectivity index (χ1n) is 6.15. The zero-order valence-electron chi connectivity index (χ0n) is 10.2. The van der Waals surface area contributed by atoms with Gasteiger partial charge in [-0.25, -0.2) is 0 Å². The van der Waals surface area contributed by atoms with Crippen LogP contribution in [-0.4, -0.2) is 30.5 Å². The molecular weight excluding hydrogens is 228 g/mol. The largest absolute Gasteiger partial charge is 0.487 e.